The molecular formula is C13H12FNO. The number of halogens is 1. The van der Waals surface area contributed by atoms with Gasteiger partial charge >= 0.3 is 0 Å². The van der Waals surface area contributed by atoms with E-state index in [4.69, 9.17) is 6.42 Å². The van der Waals surface area contributed by atoms with Gasteiger partial charge in [0.15, 0.2) is 0 Å². The van der Waals surface area contributed by atoms with E-state index in [0.29, 0.717) is 5.56 Å². The first kappa shape index (κ1) is 10.7. The second-order valence-corrected chi connectivity index (χ2v) is 3.99. The third kappa shape index (κ3) is 1.92. The van der Waals surface area contributed by atoms with E-state index in [0.717, 1.165) is 12.8 Å². The second-order valence-electron chi connectivity index (χ2n) is 3.99. The molecule has 0 heterocycles. The number of terminal acetylenes is 1. The average molecular weight is 217 g/mol. The van der Waals surface area contributed by atoms with Crippen LogP contribution >= 0.6 is 0 Å². The summed E-state index contributed by atoms with van der Waals surface area (Å²) in [6.45, 7) is 0. The lowest BCUT2D eigenvalue weighted by Gasteiger charge is -2.16. The standard InChI is InChI=1S/C13H12FNO/c1-3-9-4-7-12(14)11(8-9)13(16)15(2)10-5-6-10/h1,4,7-8,10H,5-6H2,2H3. The monoisotopic (exact) mass is 217 g/mol. The summed E-state index contributed by atoms with van der Waals surface area (Å²) in [6.07, 6.45) is 7.22. The van der Waals surface area contributed by atoms with Crippen LogP contribution in [0.4, 0.5) is 4.39 Å². The van der Waals surface area contributed by atoms with Crippen LogP contribution in [0, 0.1) is 18.2 Å². The van der Waals surface area contributed by atoms with Gasteiger partial charge in [0.05, 0.1) is 5.56 Å². The molecule has 1 saturated carbocycles. The fraction of sp³-hybridized carbons (Fsp3) is 0.308. The zero-order valence-electron chi connectivity index (χ0n) is 9.03. The minimum atomic E-state index is -0.517. The van der Waals surface area contributed by atoms with Crippen molar-refractivity contribution in [2.45, 2.75) is 18.9 Å². The fourth-order valence-corrected chi connectivity index (χ4v) is 1.60. The molecule has 0 saturated heterocycles. The van der Waals surface area contributed by atoms with Crippen molar-refractivity contribution in [3.63, 3.8) is 0 Å². The van der Waals surface area contributed by atoms with E-state index in [1.54, 1.807) is 11.9 Å². The Morgan fingerprint density at radius 1 is 1.56 bits per heavy atom. The second kappa shape index (κ2) is 3.97. The highest BCUT2D eigenvalue weighted by Crippen LogP contribution is 2.27. The molecule has 0 aliphatic heterocycles. The largest absolute Gasteiger partial charge is 0.339 e. The normalized spacial score (nSPS) is 14.3. The van der Waals surface area contributed by atoms with Crippen LogP contribution in [0.1, 0.15) is 28.8 Å². The molecule has 0 bridgehead atoms. The van der Waals surface area contributed by atoms with E-state index < -0.39 is 5.82 Å². The Bertz CT molecular complexity index is 471. The lowest BCUT2D eigenvalue weighted by Crippen LogP contribution is -2.29. The average Bonchev–Trinajstić information content (AvgIpc) is 3.12. The van der Waals surface area contributed by atoms with Crippen molar-refractivity contribution in [3.8, 4) is 12.3 Å². The SMILES string of the molecule is C#Cc1ccc(F)c(C(=O)N(C)C2CC2)c1. The van der Waals surface area contributed by atoms with Crippen LogP contribution in [-0.2, 0) is 0 Å². The molecule has 1 amide bonds. The van der Waals surface area contributed by atoms with E-state index in [2.05, 4.69) is 5.92 Å². The van der Waals surface area contributed by atoms with Gasteiger partial charge in [-0.25, -0.2) is 4.39 Å². The van der Waals surface area contributed by atoms with Crippen LogP contribution in [0.2, 0.25) is 0 Å². The lowest BCUT2D eigenvalue weighted by atomic mass is 10.1. The van der Waals surface area contributed by atoms with E-state index in [9.17, 15) is 9.18 Å². The van der Waals surface area contributed by atoms with Gasteiger partial charge in [-0.2, -0.15) is 0 Å². The third-order valence-electron chi connectivity index (χ3n) is 2.78. The summed E-state index contributed by atoms with van der Waals surface area (Å²) in [5.74, 6) is 1.58. The summed E-state index contributed by atoms with van der Waals surface area (Å²) in [6, 6.07) is 4.42. The highest BCUT2D eigenvalue weighted by atomic mass is 19.1. The molecule has 0 atom stereocenters. The molecule has 1 fully saturated rings. The molecule has 3 heteroatoms. The maximum absolute atomic E-state index is 13.5. The van der Waals surface area contributed by atoms with Crippen LogP contribution in [0.15, 0.2) is 18.2 Å². The Morgan fingerprint density at radius 3 is 2.81 bits per heavy atom. The third-order valence-corrected chi connectivity index (χ3v) is 2.78. The molecule has 1 aromatic rings. The molecule has 1 aliphatic rings. The van der Waals surface area contributed by atoms with Gasteiger partial charge in [-0.1, -0.05) is 5.92 Å². The highest BCUT2D eigenvalue weighted by molar-refractivity contribution is 5.95. The molecule has 2 rings (SSSR count). The number of carbonyl (C=O) groups excluding carboxylic acids is 1. The Hall–Kier alpha value is -1.82. The first-order valence-corrected chi connectivity index (χ1v) is 5.17. The predicted octanol–water partition coefficient (Wildman–Crippen LogP) is 2.04. The van der Waals surface area contributed by atoms with Gasteiger partial charge in [-0.15, -0.1) is 6.42 Å². The minimum absolute atomic E-state index is 0.0600. The summed E-state index contributed by atoms with van der Waals surface area (Å²) in [4.78, 5) is 13.5. The van der Waals surface area contributed by atoms with Gasteiger partial charge in [-0.3, -0.25) is 4.79 Å². The molecule has 82 valence electrons. The predicted molar refractivity (Wildman–Crippen MR) is 59.5 cm³/mol. The van der Waals surface area contributed by atoms with Crippen LogP contribution in [-0.4, -0.2) is 23.9 Å². The summed E-state index contributed by atoms with van der Waals surface area (Å²) in [5, 5.41) is 0. The number of rotatable bonds is 2. The maximum Gasteiger partial charge on any atom is 0.256 e. The van der Waals surface area contributed by atoms with Crippen molar-refractivity contribution < 1.29 is 9.18 Å². The molecule has 0 aromatic heterocycles. The lowest BCUT2D eigenvalue weighted by molar-refractivity contribution is 0.0780. The van der Waals surface area contributed by atoms with Gasteiger partial charge < -0.3 is 4.90 Å². The van der Waals surface area contributed by atoms with Crippen LogP contribution < -0.4 is 0 Å². The van der Waals surface area contributed by atoms with Crippen molar-refractivity contribution in [2.24, 2.45) is 0 Å². The number of hydrogen-bond donors (Lipinski definition) is 0. The summed E-state index contributed by atoms with van der Waals surface area (Å²) in [7, 11) is 1.70. The number of carbonyl (C=O) groups is 1. The first-order chi connectivity index (χ1) is 7.63. The summed E-state index contributed by atoms with van der Waals surface area (Å²) >= 11 is 0. The topological polar surface area (TPSA) is 20.3 Å². The molecule has 16 heavy (non-hydrogen) atoms. The van der Waals surface area contributed by atoms with Crippen molar-refractivity contribution in [2.75, 3.05) is 7.05 Å². The van der Waals surface area contributed by atoms with Crippen LogP contribution in [0.25, 0.3) is 0 Å². The van der Waals surface area contributed by atoms with Gasteiger partial charge in [0, 0.05) is 18.7 Å². The number of nitrogens with zero attached hydrogens (tertiary/aromatic N) is 1. The van der Waals surface area contributed by atoms with Gasteiger partial charge in [0.1, 0.15) is 5.82 Å². The van der Waals surface area contributed by atoms with Crippen LogP contribution in [0.5, 0.6) is 0 Å². The molecule has 0 unspecified atom stereocenters. The molecule has 0 N–H and O–H groups in total. The van der Waals surface area contributed by atoms with E-state index in [1.807, 2.05) is 0 Å². The Kier molecular flexibility index (Phi) is 2.66. The molecular weight excluding hydrogens is 205 g/mol. The van der Waals surface area contributed by atoms with Crippen molar-refractivity contribution in [1.82, 2.24) is 4.90 Å². The van der Waals surface area contributed by atoms with Crippen molar-refractivity contribution >= 4 is 5.91 Å². The molecule has 0 spiro atoms. The first-order valence-electron chi connectivity index (χ1n) is 5.17. The number of hydrogen-bond acceptors (Lipinski definition) is 1. The highest BCUT2D eigenvalue weighted by Gasteiger charge is 2.31. The maximum atomic E-state index is 13.5. The van der Waals surface area contributed by atoms with Gasteiger partial charge in [0.25, 0.3) is 5.91 Å². The van der Waals surface area contributed by atoms with Crippen molar-refractivity contribution in [3.05, 3.63) is 35.1 Å². The molecule has 1 aliphatic carbocycles. The number of benzene rings is 1. The molecule has 1 aromatic carbocycles. The van der Waals surface area contributed by atoms with Gasteiger partial charge in [0.2, 0.25) is 0 Å². The van der Waals surface area contributed by atoms with E-state index in [1.165, 1.54) is 18.2 Å². The molecule has 0 radical (unpaired) electrons. The van der Waals surface area contributed by atoms with E-state index in [-0.39, 0.29) is 17.5 Å². The summed E-state index contributed by atoms with van der Waals surface area (Å²) in [5.41, 5.74) is 0.582. The zero-order valence-corrected chi connectivity index (χ0v) is 9.03. The zero-order chi connectivity index (χ0) is 11.7. The Morgan fingerprint density at radius 2 is 2.25 bits per heavy atom. The molecule has 2 nitrogen and oxygen atoms in total. The number of amides is 1. The van der Waals surface area contributed by atoms with Crippen molar-refractivity contribution in [1.29, 1.82) is 0 Å². The van der Waals surface area contributed by atoms with Crippen LogP contribution in [0.3, 0.4) is 0 Å². The quantitative estimate of drug-likeness (QED) is 0.694. The Balaban J connectivity index is 2.31. The Labute approximate surface area is 94.1 Å². The fourth-order valence-electron chi connectivity index (χ4n) is 1.60. The minimum Gasteiger partial charge on any atom is -0.339 e. The van der Waals surface area contributed by atoms with E-state index >= 15 is 0 Å². The summed E-state index contributed by atoms with van der Waals surface area (Å²) < 4.78 is 13.5. The smallest absolute Gasteiger partial charge is 0.256 e. The van der Waals surface area contributed by atoms with Gasteiger partial charge in [-0.05, 0) is 31.0 Å².